The number of methoxy groups -OCH3 is 1. The van der Waals surface area contributed by atoms with E-state index >= 15 is 4.79 Å². The number of fused-ring (bicyclic) bond motifs is 3. The molecule has 2 amide bonds. The zero-order valence-corrected chi connectivity index (χ0v) is 41.3. The molecule has 0 radical (unpaired) electrons. The predicted molar refractivity (Wildman–Crippen MR) is 270 cm³/mol. The first-order valence-corrected chi connectivity index (χ1v) is 27.4. The van der Waals surface area contributed by atoms with Crippen LogP contribution in [0.3, 0.4) is 0 Å². The number of nitrogens with zero attached hydrogens (tertiary/aromatic N) is 5. The Balaban J connectivity index is 1.14. The molecule has 3 aliphatic rings. The van der Waals surface area contributed by atoms with E-state index < -0.39 is 19.7 Å². The Morgan fingerprint density at radius 2 is 1.62 bits per heavy atom. The molecule has 6 atom stereocenters. The Hall–Kier alpha value is -6.16. The molecule has 13 nitrogen and oxygen atoms in total. The van der Waals surface area contributed by atoms with Gasteiger partial charge in [0.2, 0.25) is 5.91 Å². The van der Waals surface area contributed by atoms with Crippen molar-refractivity contribution < 1.29 is 34.0 Å². The number of carbonyl (C=O) groups excluding carboxylic acids is 2. The van der Waals surface area contributed by atoms with E-state index in [-0.39, 0.29) is 48.5 Å². The molecule has 5 aromatic carbocycles. The summed E-state index contributed by atoms with van der Waals surface area (Å²) in [4.78, 5) is 34.4. The second-order valence-electron chi connectivity index (χ2n) is 19.1. The van der Waals surface area contributed by atoms with Gasteiger partial charge in [-0.25, -0.2) is 0 Å². The molecule has 1 fully saturated rings. The lowest BCUT2D eigenvalue weighted by Gasteiger charge is -2.37. The molecule has 0 bridgehead atoms. The Kier molecular flexibility index (Phi) is 14.2. The van der Waals surface area contributed by atoms with E-state index in [1.165, 1.54) is 5.19 Å². The molecular formula is C55H64N6O7Si. The quantitative estimate of drug-likeness (QED) is 0.0547. The summed E-state index contributed by atoms with van der Waals surface area (Å²) in [6.07, 6.45) is 3.93. The Labute approximate surface area is 406 Å². The van der Waals surface area contributed by atoms with Crippen molar-refractivity contribution in [1.82, 2.24) is 20.3 Å². The number of hydrogen-bond donors (Lipinski definition) is 3. The van der Waals surface area contributed by atoms with Crippen LogP contribution in [-0.2, 0) is 39.4 Å². The van der Waals surface area contributed by atoms with Crippen LogP contribution < -0.4 is 29.8 Å². The highest BCUT2D eigenvalue weighted by Gasteiger charge is 2.66. The first-order valence-electron chi connectivity index (χ1n) is 24.3. The Morgan fingerprint density at radius 1 is 0.899 bits per heavy atom. The van der Waals surface area contributed by atoms with Crippen molar-refractivity contribution in [2.75, 3.05) is 43.3 Å². The molecule has 9 rings (SSSR count). The lowest BCUT2D eigenvalue weighted by molar-refractivity contribution is -0.146. The van der Waals surface area contributed by atoms with Crippen LogP contribution >= 0.6 is 0 Å². The normalized spacial score (nSPS) is 21.4. The van der Waals surface area contributed by atoms with Gasteiger partial charge in [0.05, 0.1) is 70.1 Å². The zero-order chi connectivity index (χ0) is 48.3. The van der Waals surface area contributed by atoms with Gasteiger partial charge < -0.3 is 34.6 Å². The summed E-state index contributed by atoms with van der Waals surface area (Å²) < 4.78 is 21.0. The molecule has 1 spiro atoms. The predicted octanol–water partition coefficient (Wildman–Crippen LogP) is 7.61. The van der Waals surface area contributed by atoms with Crippen molar-refractivity contribution in [3.8, 4) is 11.5 Å². The highest BCUT2D eigenvalue weighted by atomic mass is 28.3. The number of benzene rings is 5. The van der Waals surface area contributed by atoms with E-state index in [1.807, 2.05) is 132 Å². The van der Waals surface area contributed by atoms with Gasteiger partial charge in [-0.2, -0.15) is 0 Å². The summed E-state index contributed by atoms with van der Waals surface area (Å²) in [5, 5.41) is 33.8. The first kappa shape index (κ1) is 47.9. The summed E-state index contributed by atoms with van der Waals surface area (Å²) in [7, 11) is -0.852. The average molecular weight is 949 g/mol. The number of unbranched alkanes of at least 4 members (excludes halogenated alkanes) is 1. The molecule has 69 heavy (non-hydrogen) atoms. The lowest BCUT2D eigenvalue weighted by atomic mass is 9.82. The highest BCUT2D eigenvalue weighted by Crippen LogP contribution is 2.61. The van der Waals surface area contributed by atoms with Crippen LogP contribution in [0.15, 0.2) is 128 Å². The molecule has 0 aliphatic carbocycles. The van der Waals surface area contributed by atoms with Gasteiger partial charge in [-0.3, -0.25) is 19.2 Å². The smallest absolute Gasteiger partial charge is 0.264 e. The van der Waals surface area contributed by atoms with Crippen molar-refractivity contribution in [3.63, 3.8) is 0 Å². The topological polar surface area (TPSA) is 152 Å². The number of hydrogen-bond acceptors (Lipinski definition) is 10. The lowest BCUT2D eigenvalue weighted by Crippen LogP contribution is -2.52. The largest absolute Gasteiger partial charge is 0.497 e. The number of aliphatic hydroxyl groups is 2. The van der Waals surface area contributed by atoms with Crippen LogP contribution in [0.1, 0.15) is 67.0 Å². The summed E-state index contributed by atoms with van der Waals surface area (Å²) in [5.74, 6) is 0.684. The van der Waals surface area contributed by atoms with Crippen molar-refractivity contribution in [3.05, 3.63) is 155 Å². The fourth-order valence-corrected chi connectivity index (χ4v) is 15.3. The van der Waals surface area contributed by atoms with E-state index in [9.17, 15) is 15.0 Å². The monoisotopic (exact) mass is 948 g/mol. The summed E-state index contributed by atoms with van der Waals surface area (Å²) in [6.45, 7) is 10.8. The van der Waals surface area contributed by atoms with Gasteiger partial charge in [0.1, 0.15) is 11.5 Å². The highest BCUT2D eigenvalue weighted by molar-refractivity contribution is 6.91. The third-order valence-corrected chi connectivity index (χ3v) is 19.1. The number of rotatable bonds is 19. The summed E-state index contributed by atoms with van der Waals surface area (Å²) in [5.41, 5.74) is 5.08. The number of amides is 2. The van der Waals surface area contributed by atoms with Crippen LogP contribution in [-0.4, -0.2) is 90.7 Å². The number of aromatic nitrogens is 3. The zero-order valence-electron chi connectivity index (χ0n) is 40.3. The van der Waals surface area contributed by atoms with Crippen molar-refractivity contribution in [2.45, 2.75) is 94.9 Å². The number of carbonyl (C=O) groups is 2. The fourth-order valence-electron chi connectivity index (χ4n) is 11.3. The van der Waals surface area contributed by atoms with Crippen LogP contribution in [0.2, 0.25) is 18.6 Å². The van der Waals surface area contributed by atoms with Crippen molar-refractivity contribution >= 4 is 42.1 Å². The molecule has 1 aromatic heterocycles. The molecule has 3 aliphatic heterocycles. The SMILES string of the molecule is CCOc1ccc2c(c1)CC(NCCCCO)C(=O)N2c1ccc2c(c1)[C@]1(O[C@@H](CCn3cc(C(CO)c4ccccc4)nn3)[C@H]([Si](C)(C)c3ccc(OC)cc3)[C@H]1C)C(=O)N2Cc1ccccc1. The third kappa shape index (κ3) is 9.12. The van der Waals surface area contributed by atoms with Crippen molar-refractivity contribution in [2.24, 2.45) is 5.92 Å². The van der Waals surface area contributed by atoms with E-state index in [1.54, 1.807) is 12.0 Å². The standard InChI is InChI=1S/C55H64N6O7Si/c1-6-67-43-22-26-49-40(31-43)32-47(56-28-13-14-30-62)53(64)61(49)41-19-25-50-46(33-41)55(54(65)60(50)34-38-15-9-7-10-16-38)37(2)52(69(4,5)44-23-20-42(66-3)21-24-44)51(68-55)27-29-59-35-48(57-58-59)45(36-63)39-17-11-8-12-18-39/h7-12,15-26,31,33,35,37,45,47,51-52,56,62-63H,6,13-14,27-30,32,34,36H2,1-5H3/t37-,45?,47?,51+,52-,55+/m1/s1. The Bertz CT molecular complexity index is 2740. The molecule has 360 valence electrons. The molecule has 6 aromatic rings. The second kappa shape index (κ2) is 20.4. The minimum Gasteiger partial charge on any atom is -0.497 e. The van der Waals surface area contributed by atoms with Gasteiger partial charge in [0.25, 0.3) is 5.91 Å². The van der Waals surface area contributed by atoms with Gasteiger partial charge in [-0.15, -0.1) is 5.10 Å². The molecule has 14 heteroatoms. The molecule has 4 heterocycles. The van der Waals surface area contributed by atoms with Gasteiger partial charge in [-0.05, 0) is 110 Å². The first-order chi connectivity index (χ1) is 33.5. The van der Waals surface area contributed by atoms with E-state index in [4.69, 9.17) is 14.2 Å². The summed E-state index contributed by atoms with van der Waals surface area (Å²) in [6, 6.07) is 39.6. The van der Waals surface area contributed by atoms with Crippen molar-refractivity contribution in [1.29, 1.82) is 0 Å². The third-order valence-electron chi connectivity index (χ3n) is 14.7. The molecular weight excluding hydrogens is 885 g/mol. The van der Waals surface area contributed by atoms with Crippen LogP contribution in [0.4, 0.5) is 17.1 Å². The number of ether oxygens (including phenoxy) is 3. The average Bonchev–Trinajstić information content (AvgIpc) is 4.03. The molecule has 3 N–H and O–H groups in total. The molecule has 0 saturated carbocycles. The number of aryl methyl sites for hydroxylation is 1. The summed E-state index contributed by atoms with van der Waals surface area (Å²) >= 11 is 0. The maximum Gasteiger partial charge on any atom is 0.264 e. The van der Waals surface area contributed by atoms with Crippen LogP contribution in [0.5, 0.6) is 11.5 Å². The number of anilines is 3. The van der Waals surface area contributed by atoms with E-state index in [0.717, 1.165) is 51.5 Å². The van der Waals surface area contributed by atoms with Crippen LogP contribution in [0, 0.1) is 5.92 Å². The van der Waals surface area contributed by atoms with Gasteiger partial charge in [0, 0.05) is 36.5 Å². The minimum absolute atomic E-state index is 0.0534. The van der Waals surface area contributed by atoms with E-state index in [2.05, 4.69) is 47.8 Å². The van der Waals surface area contributed by atoms with Gasteiger partial charge >= 0.3 is 0 Å². The number of nitrogens with one attached hydrogen (secondary N) is 1. The second-order valence-corrected chi connectivity index (χ2v) is 23.8. The fraction of sp³-hybridized carbons (Fsp3) is 0.382. The molecule has 2 unspecified atom stereocenters. The molecule has 1 saturated heterocycles. The van der Waals surface area contributed by atoms with Gasteiger partial charge in [-0.1, -0.05) is 103 Å². The minimum atomic E-state index is -2.52. The van der Waals surface area contributed by atoms with E-state index in [0.29, 0.717) is 56.9 Å². The maximum absolute atomic E-state index is 15.9. The van der Waals surface area contributed by atoms with Gasteiger partial charge in [0.15, 0.2) is 5.60 Å². The van der Waals surface area contributed by atoms with Crippen LogP contribution in [0.25, 0.3) is 0 Å². The number of aliphatic hydroxyl groups excluding tert-OH is 2. The Morgan fingerprint density at radius 3 is 2.33 bits per heavy atom. The maximum atomic E-state index is 15.9.